The van der Waals surface area contributed by atoms with Crippen LogP contribution in [0.4, 0.5) is 0 Å². The van der Waals surface area contributed by atoms with Gasteiger partial charge in [-0.15, -0.1) is 0 Å². The third-order valence-electron chi connectivity index (χ3n) is 3.24. The van der Waals surface area contributed by atoms with Gasteiger partial charge in [-0.3, -0.25) is 4.79 Å². The van der Waals surface area contributed by atoms with Crippen LogP contribution in [0, 0.1) is 0 Å². The second-order valence-electron chi connectivity index (χ2n) is 4.59. The van der Waals surface area contributed by atoms with Crippen molar-refractivity contribution in [2.24, 2.45) is 0 Å². The van der Waals surface area contributed by atoms with Gasteiger partial charge in [0.1, 0.15) is 28.8 Å². The predicted octanol–water partition coefficient (Wildman–Crippen LogP) is 2.92. The molecule has 0 amide bonds. The predicted molar refractivity (Wildman–Crippen MR) is 68.8 cm³/mol. The molecule has 0 atom stereocenters. The third-order valence-corrected chi connectivity index (χ3v) is 3.24. The van der Waals surface area contributed by atoms with Gasteiger partial charge in [0.25, 0.3) is 0 Å². The minimum absolute atomic E-state index is 0.0676. The van der Waals surface area contributed by atoms with E-state index >= 15 is 0 Å². The van der Waals surface area contributed by atoms with Gasteiger partial charge in [-0.1, -0.05) is 0 Å². The Labute approximate surface area is 109 Å². The average molecular weight is 256 g/mol. The van der Waals surface area contributed by atoms with Gasteiger partial charge in [0.05, 0.1) is 5.92 Å². The zero-order chi connectivity index (χ0) is 13.6. The Balaban J connectivity index is 2.25. The molecule has 2 aromatic carbocycles. The lowest BCUT2D eigenvalue weighted by Crippen LogP contribution is -2.16. The molecule has 0 saturated carbocycles. The van der Waals surface area contributed by atoms with Crippen molar-refractivity contribution >= 4 is 5.78 Å². The van der Waals surface area contributed by atoms with Gasteiger partial charge in [0.2, 0.25) is 0 Å². The summed E-state index contributed by atoms with van der Waals surface area (Å²) in [6, 6.07) is 9.35. The van der Waals surface area contributed by atoms with E-state index in [4.69, 9.17) is 4.74 Å². The van der Waals surface area contributed by atoms with Crippen LogP contribution in [0.25, 0.3) is 0 Å². The molecular weight excluding hydrogens is 244 g/mol. The Hall–Kier alpha value is -2.49. The first-order valence-corrected chi connectivity index (χ1v) is 5.90. The standard InChI is InChI=1S/C15H12O4/c1-8(16)15-11-6-9(17)2-4-13(11)19-14-5-3-10(18)7-12(14)15/h2-7,15,17-18H,1H3. The summed E-state index contributed by atoms with van der Waals surface area (Å²) >= 11 is 0. The molecule has 0 spiro atoms. The number of carbonyl (C=O) groups excluding carboxylic acids is 1. The molecule has 1 heterocycles. The number of phenols is 2. The summed E-state index contributed by atoms with van der Waals surface area (Å²) in [6.45, 7) is 1.48. The Bertz CT molecular complexity index is 624. The molecule has 1 aliphatic rings. The highest BCUT2D eigenvalue weighted by Crippen LogP contribution is 2.46. The fourth-order valence-electron chi connectivity index (χ4n) is 2.43. The van der Waals surface area contributed by atoms with Crippen molar-refractivity contribution in [1.82, 2.24) is 0 Å². The zero-order valence-corrected chi connectivity index (χ0v) is 10.3. The molecule has 0 aliphatic carbocycles. The van der Waals surface area contributed by atoms with Gasteiger partial charge in [-0.2, -0.15) is 0 Å². The number of carbonyl (C=O) groups is 1. The molecule has 0 saturated heterocycles. The number of ether oxygens (including phenoxy) is 1. The summed E-state index contributed by atoms with van der Waals surface area (Å²) in [5.41, 5.74) is 1.23. The lowest BCUT2D eigenvalue weighted by molar-refractivity contribution is -0.117. The second-order valence-corrected chi connectivity index (χ2v) is 4.59. The van der Waals surface area contributed by atoms with Crippen molar-refractivity contribution in [3.8, 4) is 23.0 Å². The van der Waals surface area contributed by atoms with Crippen LogP contribution in [0.1, 0.15) is 24.0 Å². The minimum Gasteiger partial charge on any atom is -0.508 e. The smallest absolute Gasteiger partial charge is 0.141 e. The number of hydrogen-bond donors (Lipinski definition) is 2. The van der Waals surface area contributed by atoms with E-state index in [9.17, 15) is 15.0 Å². The number of aromatic hydroxyl groups is 2. The monoisotopic (exact) mass is 256 g/mol. The van der Waals surface area contributed by atoms with E-state index in [1.54, 1.807) is 12.1 Å². The van der Waals surface area contributed by atoms with Crippen molar-refractivity contribution in [3.63, 3.8) is 0 Å². The molecule has 2 aromatic rings. The highest BCUT2D eigenvalue weighted by Gasteiger charge is 2.31. The molecule has 0 unspecified atom stereocenters. The first-order chi connectivity index (χ1) is 9.06. The van der Waals surface area contributed by atoms with E-state index in [2.05, 4.69) is 0 Å². The number of fused-ring (bicyclic) bond motifs is 2. The van der Waals surface area contributed by atoms with Crippen molar-refractivity contribution in [3.05, 3.63) is 47.5 Å². The van der Waals surface area contributed by atoms with Gasteiger partial charge in [-0.25, -0.2) is 0 Å². The van der Waals surface area contributed by atoms with Crippen LogP contribution in [0.15, 0.2) is 36.4 Å². The first kappa shape index (κ1) is 11.6. The number of Topliss-reactive ketones (excluding diaryl/α,β-unsaturated/α-hetero) is 1. The second kappa shape index (κ2) is 4.02. The normalized spacial score (nSPS) is 13.3. The molecule has 19 heavy (non-hydrogen) atoms. The Morgan fingerprint density at radius 1 is 1.00 bits per heavy atom. The Morgan fingerprint density at radius 2 is 1.47 bits per heavy atom. The summed E-state index contributed by atoms with van der Waals surface area (Å²) in [6.07, 6.45) is 0. The molecule has 0 radical (unpaired) electrons. The zero-order valence-electron chi connectivity index (χ0n) is 10.3. The molecule has 0 bridgehead atoms. The number of ketones is 1. The van der Waals surface area contributed by atoms with Gasteiger partial charge < -0.3 is 14.9 Å². The number of hydrogen-bond acceptors (Lipinski definition) is 4. The lowest BCUT2D eigenvalue weighted by Gasteiger charge is -2.26. The van der Waals surface area contributed by atoms with Crippen molar-refractivity contribution < 1.29 is 19.7 Å². The van der Waals surface area contributed by atoms with E-state index in [1.807, 2.05) is 0 Å². The lowest BCUT2D eigenvalue weighted by atomic mass is 9.85. The van der Waals surface area contributed by atoms with Crippen LogP contribution >= 0.6 is 0 Å². The van der Waals surface area contributed by atoms with Crippen LogP contribution in [-0.4, -0.2) is 16.0 Å². The maximum absolute atomic E-state index is 11.9. The molecule has 1 aliphatic heterocycles. The number of phenolic OH excluding ortho intramolecular Hbond substituents is 2. The summed E-state index contributed by atoms with van der Waals surface area (Å²) in [5, 5.41) is 19.1. The van der Waals surface area contributed by atoms with Crippen molar-refractivity contribution in [2.75, 3.05) is 0 Å². The largest absolute Gasteiger partial charge is 0.508 e. The van der Waals surface area contributed by atoms with E-state index in [1.165, 1.54) is 31.2 Å². The number of rotatable bonds is 1. The van der Waals surface area contributed by atoms with Gasteiger partial charge in [0, 0.05) is 11.1 Å². The molecule has 4 heteroatoms. The Kier molecular flexibility index (Phi) is 2.45. The molecule has 0 aromatic heterocycles. The fraction of sp³-hybridized carbons (Fsp3) is 0.133. The first-order valence-electron chi connectivity index (χ1n) is 5.90. The highest BCUT2D eigenvalue weighted by atomic mass is 16.5. The van der Waals surface area contributed by atoms with Crippen molar-refractivity contribution in [2.45, 2.75) is 12.8 Å². The maximum Gasteiger partial charge on any atom is 0.141 e. The summed E-state index contributed by atoms with van der Waals surface area (Å²) in [7, 11) is 0. The van der Waals surface area contributed by atoms with Crippen LogP contribution < -0.4 is 4.74 Å². The van der Waals surface area contributed by atoms with Crippen molar-refractivity contribution in [1.29, 1.82) is 0 Å². The van der Waals surface area contributed by atoms with E-state index in [-0.39, 0.29) is 17.3 Å². The minimum atomic E-state index is -0.530. The van der Waals surface area contributed by atoms with Crippen LogP contribution in [-0.2, 0) is 4.79 Å². The molecule has 96 valence electrons. The maximum atomic E-state index is 11.9. The fourth-order valence-corrected chi connectivity index (χ4v) is 2.43. The number of benzene rings is 2. The van der Waals surface area contributed by atoms with Gasteiger partial charge in [0.15, 0.2) is 0 Å². The summed E-state index contributed by atoms with van der Waals surface area (Å²) in [4.78, 5) is 11.9. The molecule has 2 N–H and O–H groups in total. The SMILES string of the molecule is CC(=O)C1c2cc(O)ccc2Oc2ccc(O)cc21. The van der Waals surface area contributed by atoms with Gasteiger partial charge >= 0.3 is 0 Å². The molecule has 0 fully saturated rings. The van der Waals surface area contributed by atoms with Gasteiger partial charge in [-0.05, 0) is 43.3 Å². The molecule has 3 rings (SSSR count). The molecule has 4 nitrogen and oxygen atoms in total. The highest BCUT2D eigenvalue weighted by molar-refractivity contribution is 5.89. The van der Waals surface area contributed by atoms with E-state index in [0.29, 0.717) is 22.6 Å². The topological polar surface area (TPSA) is 66.8 Å². The van der Waals surface area contributed by atoms with Crippen LogP contribution in [0.5, 0.6) is 23.0 Å². The van der Waals surface area contributed by atoms with E-state index < -0.39 is 5.92 Å². The van der Waals surface area contributed by atoms with Crippen LogP contribution in [0.3, 0.4) is 0 Å². The summed E-state index contributed by atoms with van der Waals surface area (Å²) in [5.74, 6) is 0.668. The summed E-state index contributed by atoms with van der Waals surface area (Å²) < 4.78 is 5.69. The third kappa shape index (κ3) is 1.81. The quantitative estimate of drug-likeness (QED) is 0.823. The average Bonchev–Trinajstić information content (AvgIpc) is 2.35. The Morgan fingerprint density at radius 3 is 1.89 bits per heavy atom. The molecular formula is C15H12O4. The van der Waals surface area contributed by atoms with Crippen LogP contribution in [0.2, 0.25) is 0 Å². The van der Waals surface area contributed by atoms with E-state index in [0.717, 1.165) is 0 Å².